The minimum atomic E-state index is -3.56. The summed E-state index contributed by atoms with van der Waals surface area (Å²) in [6.07, 6.45) is 3.89. The fraction of sp³-hybridized carbons (Fsp3) is 0.435. The normalized spacial score (nSPS) is 20.3. The molecule has 30 heavy (non-hydrogen) atoms. The molecule has 2 heterocycles. The van der Waals surface area contributed by atoms with Gasteiger partial charge in [0.1, 0.15) is 0 Å². The van der Waals surface area contributed by atoms with E-state index in [1.54, 1.807) is 30.3 Å². The zero-order valence-electron chi connectivity index (χ0n) is 17.2. The number of rotatable bonds is 6. The van der Waals surface area contributed by atoms with Crippen molar-refractivity contribution in [3.63, 3.8) is 0 Å². The molecule has 1 amide bonds. The number of piperidine rings is 1. The lowest BCUT2D eigenvalue weighted by Crippen LogP contribution is -2.45. The van der Waals surface area contributed by atoms with Crippen molar-refractivity contribution in [2.75, 3.05) is 31.1 Å². The minimum absolute atomic E-state index is 0.0772. The largest absolute Gasteiger partial charge is 0.372 e. The predicted octanol–water partition coefficient (Wildman–Crippen LogP) is 3.00. The number of amides is 1. The topological polar surface area (TPSA) is 69.7 Å². The highest BCUT2D eigenvalue weighted by atomic mass is 32.2. The Hall–Kier alpha value is -2.38. The molecule has 1 unspecified atom stereocenters. The van der Waals surface area contributed by atoms with Crippen molar-refractivity contribution >= 4 is 21.6 Å². The van der Waals surface area contributed by atoms with E-state index in [2.05, 4.69) is 34.5 Å². The number of hydrogen-bond donors (Lipinski definition) is 1. The molecular formula is C23H29N3O3S. The van der Waals surface area contributed by atoms with Gasteiger partial charge in [0.05, 0.1) is 10.8 Å². The fourth-order valence-electron chi connectivity index (χ4n) is 4.25. The molecule has 4 rings (SSSR count). The highest BCUT2D eigenvalue weighted by Crippen LogP contribution is 2.24. The fourth-order valence-corrected chi connectivity index (χ4v) is 5.79. The smallest absolute Gasteiger partial charge is 0.243 e. The van der Waals surface area contributed by atoms with E-state index in [0.29, 0.717) is 25.9 Å². The van der Waals surface area contributed by atoms with Gasteiger partial charge in [-0.1, -0.05) is 30.3 Å². The standard InChI is InChI=1S/C23H29N3O3S/c27-23(24-17-19-10-12-21(13-11-19)25-14-4-5-15-25)20-7-6-16-26(18-20)30(28,29)22-8-2-1-3-9-22/h1-3,8-13,20H,4-7,14-18H2,(H,24,27). The van der Waals surface area contributed by atoms with E-state index in [4.69, 9.17) is 0 Å². The van der Waals surface area contributed by atoms with Gasteiger partial charge >= 0.3 is 0 Å². The Labute approximate surface area is 178 Å². The minimum Gasteiger partial charge on any atom is -0.372 e. The molecule has 2 aromatic rings. The number of sulfonamides is 1. The van der Waals surface area contributed by atoms with Gasteiger partial charge in [0, 0.05) is 38.4 Å². The molecule has 2 saturated heterocycles. The number of anilines is 1. The number of carbonyl (C=O) groups is 1. The first-order valence-corrected chi connectivity index (χ1v) is 12.1. The molecule has 1 N–H and O–H groups in total. The second kappa shape index (κ2) is 9.18. The van der Waals surface area contributed by atoms with E-state index < -0.39 is 10.0 Å². The maximum atomic E-state index is 12.9. The molecule has 0 radical (unpaired) electrons. The molecule has 2 aliphatic heterocycles. The van der Waals surface area contributed by atoms with E-state index in [9.17, 15) is 13.2 Å². The van der Waals surface area contributed by atoms with Crippen molar-refractivity contribution < 1.29 is 13.2 Å². The lowest BCUT2D eigenvalue weighted by molar-refractivity contribution is -0.126. The van der Waals surface area contributed by atoms with Gasteiger partial charge in [0.2, 0.25) is 15.9 Å². The Morgan fingerprint density at radius 1 is 0.933 bits per heavy atom. The number of nitrogens with zero attached hydrogens (tertiary/aromatic N) is 2. The Kier molecular flexibility index (Phi) is 6.39. The molecule has 0 spiro atoms. The highest BCUT2D eigenvalue weighted by molar-refractivity contribution is 7.89. The summed E-state index contributed by atoms with van der Waals surface area (Å²) < 4.78 is 27.2. The van der Waals surface area contributed by atoms with Crippen molar-refractivity contribution in [2.45, 2.75) is 37.1 Å². The Bertz CT molecular complexity index is 955. The Morgan fingerprint density at radius 2 is 1.63 bits per heavy atom. The third kappa shape index (κ3) is 4.68. The van der Waals surface area contributed by atoms with Gasteiger partial charge in [-0.2, -0.15) is 4.31 Å². The van der Waals surface area contributed by atoms with Gasteiger partial charge in [0.25, 0.3) is 0 Å². The van der Waals surface area contributed by atoms with Gasteiger partial charge < -0.3 is 10.2 Å². The zero-order chi connectivity index (χ0) is 21.0. The SMILES string of the molecule is O=C(NCc1ccc(N2CCCC2)cc1)C1CCCN(S(=O)(=O)c2ccccc2)C1. The van der Waals surface area contributed by atoms with Crippen molar-refractivity contribution in [3.8, 4) is 0 Å². The van der Waals surface area contributed by atoms with Crippen LogP contribution in [0.25, 0.3) is 0 Å². The maximum Gasteiger partial charge on any atom is 0.243 e. The first-order chi connectivity index (χ1) is 14.5. The molecule has 2 fully saturated rings. The Balaban J connectivity index is 1.33. The summed E-state index contributed by atoms with van der Waals surface area (Å²) in [5.74, 6) is -0.396. The van der Waals surface area contributed by atoms with Crippen LogP contribution in [0.3, 0.4) is 0 Å². The van der Waals surface area contributed by atoms with E-state index >= 15 is 0 Å². The maximum absolute atomic E-state index is 12.9. The predicted molar refractivity (Wildman–Crippen MR) is 118 cm³/mol. The Morgan fingerprint density at radius 3 is 2.33 bits per heavy atom. The lowest BCUT2D eigenvalue weighted by atomic mass is 9.98. The summed E-state index contributed by atoms with van der Waals surface area (Å²) in [4.78, 5) is 15.4. The molecule has 6 nitrogen and oxygen atoms in total. The van der Waals surface area contributed by atoms with Crippen LogP contribution < -0.4 is 10.2 Å². The van der Waals surface area contributed by atoms with Crippen LogP contribution in [0.15, 0.2) is 59.5 Å². The van der Waals surface area contributed by atoms with Crippen LogP contribution in [0, 0.1) is 5.92 Å². The average molecular weight is 428 g/mol. The summed E-state index contributed by atoms with van der Waals surface area (Å²) in [6, 6.07) is 16.8. The first kappa shape index (κ1) is 20.9. The van der Waals surface area contributed by atoms with Crippen molar-refractivity contribution in [1.82, 2.24) is 9.62 Å². The van der Waals surface area contributed by atoms with Crippen LogP contribution in [0.5, 0.6) is 0 Å². The molecule has 2 aliphatic rings. The van der Waals surface area contributed by atoms with Crippen LogP contribution in [0.4, 0.5) is 5.69 Å². The van der Waals surface area contributed by atoms with Gasteiger partial charge in [0.15, 0.2) is 0 Å². The molecular weight excluding hydrogens is 398 g/mol. The van der Waals surface area contributed by atoms with Crippen LogP contribution in [0.2, 0.25) is 0 Å². The van der Waals surface area contributed by atoms with Crippen molar-refractivity contribution in [2.24, 2.45) is 5.92 Å². The summed E-state index contributed by atoms with van der Waals surface area (Å²) in [6.45, 7) is 3.37. The second-order valence-corrected chi connectivity index (χ2v) is 10.0. The number of carbonyl (C=O) groups excluding carboxylic acids is 1. The summed E-state index contributed by atoms with van der Waals surface area (Å²) >= 11 is 0. The average Bonchev–Trinajstić information content (AvgIpc) is 3.33. The quantitative estimate of drug-likeness (QED) is 0.769. The zero-order valence-corrected chi connectivity index (χ0v) is 18.0. The molecule has 0 aliphatic carbocycles. The third-order valence-electron chi connectivity index (χ3n) is 6.01. The number of benzene rings is 2. The van der Waals surface area contributed by atoms with E-state index in [1.807, 2.05) is 0 Å². The molecule has 0 saturated carbocycles. The molecule has 0 bridgehead atoms. The number of nitrogens with one attached hydrogen (secondary N) is 1. The van der Waals surface area contributed by atoms with Crippen LogP contribution in [0.1, 0.15) is 31.2 Å². The summed E-state index contributed by atoms with van der Waals surface area (Å²) in [5, 5.41) is 3.00. The summed E-state index contributed by atoms with van der Waals surface area (Å²) in [7, 11) is -3.56. The van der Waals surface area contributed by atoms with Gasteiger partial charge in [-0.25, -0.2) is 8.42 Å². The third-order valence-corrected chi connectivity index (χ3v) is 7.89. The molecule has 0 aromatic heterocycles. The van der Waals surface area contributed by atoms with Crippen molar-refractivity contribution in [1.29, 1.82) is 0 Å². The number of hydrogen-bond acceptors (Lipinski definition) is 4. The van der Waals surface area contributed by atoms with Crippen LogP contribution in [-0.2, 0) is 21.4 Å². The molecule has 2 aromatic carbocycles. The van der Waals surface area contributed by atoms with Crippen molar-refractivity contribution in [3.05, 3.63) is 60.2 Å². The molecule has 7 heteroatoms. The van der Waals surface area contributed by atoms with E-state index in [0.717, 1.165) is 18.7 Å². The van der Waals surface area contributed by atoms with Gasteiger partial charge in [-0.15, -0.1) is 0 Å². The van der Waals surface area contributed by atoms with Crippen LogP contribution >= 0.6 is 0 Å². The molecule has 160 valence electrons. The van der Waals surface area contributed by atoms with Crippen LogP contribution in [-0.4, -0.2) is 44.8 Å². The highest BCUT2D eigenvalue weighted by Gasteiger charge is 2.33. The second-order valence-electron chi connectivity index (χ2n) is 8.09. The first-order valence-electron chi connectivity index (χ1n) is 10.7. The van der Waals surface area contributed by atoms with Gasteiger partial charge in [-0.3, -0.25) is 4.79 Å². The molecule has 1 atom stereocenters. The lowest BCUT2D eigenvalue weighted by Gasteiger charge is -2.31. The van der Waals surface area contributed by atoms with Gasteiger partial charge in [-0.05, 0) is 55.5 Å². The van der Waals surface area contributed by atoms with E-state index in [1.165, 1.54) is 22.8 Å². The summed E-state index contributed by atoms with van der Waals surface area (Å²) in [5.41, 5.74) is 2.28. The monoisotopic (exact) mass is 427 g/mol. The van der Waals surface area contributed by atoms with E-state index in [-0.39, 0.29) is 23.3 Å².